The van der Waals surface area contributed by atoms with Crippen molar-refractivity contribution in [2.75, 3.05) is 27.2 Å². The van der Waals surface area contributed by atoms with Gasteiger partial charge in [-0.2, -0.15) is 0 Å². The first-order chi connectivity index (χ1) is 8.28. The number of hydrogen-bond acceptors (Lipinski definition) is 2. The number of rotatable bonds is 1. The number of aryl methyl sites for hydroxylation is 1. The van der Waals surface area contributed by atoms with Crippen LogP contribution in [0, 0.1) is 5.92 Å². The van der Waals surface area contributed by atoms with Crippen LogP contribution in [0.25, 0.3) is 0 Å². The first-order valence-corrected chi connectivity index (χ1v) is 6.63. The Kier molecular flexibility index (Phi) is 4.18. The summed E-state index contributed by atoms with van der Waals surface area (Å²) in [4.78, 5) is 2.48. The van der Waals surface area contributed by atoms with Crippen molar-refractivity contribution in [2.24, 2.45) is 5.92 Å². The molecule has 2 aliphatic rings. The van der Waals surface area contributed by atoms with Crippen molar-refractivity contribution in [3.63, 3.8) is 0 Å². The molecule has 1 aliphatic carbocycles. The molecule has 0 bridgehead atoms. The number of halogens is 1. The molecule has 1 aromatic rings. The van der Waals surface area contributed by atoms with Gasteiger partial charge in [0.1, 0.15) is 5.75 Å². The van der Waals surface area contributed by atoms with Crippen molar-refractivity contribution in [2.45, 2.75) is 25.2 Å². The Labute approximate surface area is 116 Å². The lowest BCUT2D eigenvalue weighted by Gasteiger charge is -2.41. The number of ether oxygens (including phenoxy) is 1. The summed E-state index contributed by atoms with van der Waals surface area (Å²) < 4.78 is 5.37. The molecule has 1 saturated heterocycles. The number of piperidine rings is 1. The molecule has 0 spiro atoms. The molecule has 1 aliphatic heterocycles. The molecule has 0 unspecified atom stereocenters. The molecule has 2 nitrogen and oxygen atoms in total. The summed E-state index contributed by atoms with van der Waals surface area (Å²) in [6.45, 7) is 2.50. The molecule has 100 valence electrons. The Balaban J connectivity index is 0.00000120. The predicted molar refractivity (Wildman–Crippen MR) is 76.9 cm³/mol. The summed E-state index contributed by atoms with van der Waals surface area (Å²) in [5.74, 6) is 2.64. The number of likely N-dealkylation sites (tertiary alicyclic amines) is 1. The molecule has 1 heterocycles. The van der Waals surface area contributed by atoms with E-state index >= 15 is 0 Å². The van der Waals surface area contributed by atoms with Crippen LogP contribution < -0.4 is 4.74 Å². The molecule has 1 fully saturated rings. The van der Waals surface area contributed by atoms with E-state index in [9.17, 15) is 0 Å². The average Bonchev–Trinajstić information content (AvgIpc) is 2.37. The zero-order valence-electron chi connectivity index (χ0n) is 11.2. The van der Waals surface area contributed by atoms with Crippen LogP contribution in [-0.2, 0) is 6.42 Å². The van der Waals surface area contributed by atoms with Crippen LogP contribution in [0.2, 0.25) is 0 Å². The zero-order chi connectivity index (χ0) is 11.8. The van der Waals surface area contributed by atoms with Crippen LogP contribution in [0.1, 0.15) is 29.9 Å². The van der Waals surface area contributed by atoms with E-state index in [4.69, 9.17) is 4.74 Å². The number of hydrogen-bond donors (Lipinski definition) is 0. The largest absolute Gasteiger partial charge is 0.497 e. The van der Waals surface area contributed by atoms with Gasteiger partial charge in [0.15, 0.2) is 0 Å². The minimum Gasteiger partial charge on any atom is -0.497 e. The summed E-state index contributed by atoms with van der Waals surface area (Å²) in [5.41, 5.74) is 3.12. The fourth-order valence-electron chi connectivity index (χ4n) is 3.53. The van der Waals surface area contributed by atoms with Gasteiger partial charge in [-0.05, 0) is 68.0 Å². The Hall–Kier alpha value is -0.730. The second kappa shape index (κ2) is 5.50. The van der Waals surface area contributed by atoms with Gasteiger partial charge < -0.3 is 9.64 Å². The fourth-order valence-corrected chi connectivity index (χ4v) is 3.53. The predicted octanol–water partition coefficient (Wildman–Crippen LogP) is 3.10. The maximum atomic E-state index is 5.37. The third kappa shape index (κ3) is 2.36. The summed E-state index contributed by atoms with van der Waals surface area (Å²) >= 11 is 0. The molecule has 0 N–H and O–H groups in total. The van der Waals surface area contributed by atoms with E-state index in [0.29, 0.717) is 0 Å². The van der Waals surface area contributed by atoms with E-state index in [1.165, 1.54) is 32.4 Å². The van der Waals surface area contributed by atoms with Crippen molar-refractivity contribution in [3.05, 3.63) is 29.3 Å². The first-order valence-electron chi connectivity index (χ1n) is 6.63. The molecule has 1 aromatic carbocycles. The number of nitrogens with zero attached hydrogens (tertiary/aromatic N) is 1. The molecule has 3 rings (SSSR count). The number of benzene rings is 1. The van der Waals surface area contributed by atoms with E-state index < -0.39 is 0 Å². The molecule has 0 saturated carbocycles. The van der Waals surface area contributed by atoms with Crippen LogP contribution in [0.4, 0.5) is 0 Å². The summed E-state index contributed by atoms with van der Waals surface area (Å²) in [6, 6.07) is 6.65. The smallest absolute Gasteiger partial charge is 0.119 e. The highest BCUT2D eigenvalue weighted by Gasteiger charge is 2.33. The normalized spacial score (nSPS) is 26.8. The topological polar surface area (TPSA) is 12.5 Å². The van der Waals surface area contributed by atoms with Gasteiger partial charge in [0, 0.05) is 6.54 Å². The molecule has 0 radical (unpaired) electrons. The van der Waals surface area contributed by atoms with Gasteiger partial charge in [-0.15, -0.1) is 12.4 Å². The second-order valence-electron chi connectivity index (χ2n) is 5.52. The van der Waals surface area contributed by atoms with Gasteiger partial charge in [0.2, 0.25) is 0 Å². The highest BCUT2D eigenvalue weighted by atomic mass is 35.5. The first kappa shape index (κ1) is 13.7. The Morgan fingerprint density at radius 2 is 2.11 bits per heavy atom. The highest BCUT2D eigenvalue weighted by molar-refractivity contribution is 5.85. The van der Waals surface area contributed by atoms with Crippen LogP contribution in [0.15, 0.2) is 18.2 Å². The van der Waals surface area contributed by atoms with Crippen molar-refractivity contribution < 1.29 is 4.74 Å². The monoisotopic (exact) mass is 267 g/mol. The van der Waals surface area contributed by atoms with Gasteiger partial charge in [-0.3, -0.25) is 0 Å². The van der Waals surface area contributed by atoms with Gasteiger partial charge in [-0.25, -0.2) is 0 Å². The number of methoxy groups -OCH3 is 1. The van der Waals surface area contributed by atoms with E-state index in [1.807, 2.05) is 0 Å². The lowest BCUT2D eigenvalue weighted by atomic mass is 9.71. The van der Waals surface area contributed by atoms with Crippen LogP contribution in [0.3, 0.4) is 0 Å². The van der Waals surface area contributed by atoms with Crippen molar-refractivity contribution in [1.29, 1.82) is 0 Å². The molecule has 0 aromatic heterocycles. The minimum absolute atomic E-state index is 0. The zero-order valence-corrected chi connectivity index (χ0v) is 12.0. The molecular formula is C15H22ClNO. The SMILES string of the molecule is COc1ccc2c(c1)[C@@H]1CCN(C)C[C@@H]1CC2.Cl. The van der Waals surface area contributed by atoms with E-state index in [-0.39, 0.29) is 12.4 Å². The van der Waals surface area contributed by atoms with Crippen LogP contribution in [-0.4, -0.2) is 32.1 Å². The van der Waals surface area contributed by atoms with Crippen LogP contribution in [0.5, 0.6) is 5.75 Å². The van der Waals surface area contributed by atoms with Crippen molar-refractivity contribution in [1.82, 2.24) is 4.90 Å². The Morgan fingerprint density at radius 1 is 1.28 bits per heavy atom. The summed E-state index contributed by atoms with van der Waals surface area (Å²) in [5, 5.41) is 0. The molecular weight excluding hydrogens is 246 g/mol. The second-order valence-corrected chi connectivity index (χ2v) is 5.52. The molecule has 3 heteroatoms. The summed E-state index contributed by atoms with van der Waals surface area (Å²) in [6.07, 6.45) is 3.91. The lowest BCUT2D eigenvalue weighted by Crippen LogP contribution is -2.39. The van der Waals surface area contributed by atoms with Crippen molar-refractivity contribution >= 4 is 12.4 Å². The summed E-state index contributed by atoms with van der Waals surface area (Å²) in [7, 11) is 4.01. The maximum Gasteiger partial charge on any atom is 0.119 e. The molecule has 2 atom stereocenters. The van der Waals surface area contributed by atoms with Gasteiger partial charge >= 0.3 is 0 Å². The quantitative estimate of drug-likeness (QED) is 0.775. The van der Waals surface area contributed by atoms with E-state index in [1.54, 1.807) is 18.2 Å². The van der Waals surface area contributed by atoms with Crippen molar-refractivity contribution in [3.8, 4) is 5.75 Å². The van der Waals surface area contributed by atoms with Crippen LogP contribution >= 0.6 is 12.4 Å². The minimum atomic E-state index is 0. The highest BCUT2D eigenvalue weighted by Crippen LogP contribution is 2.42. The third-order valence-corrected chi connectivity index (χ3v) is 4.47. The third-order valence-electron chi connectivity index (χ3n) is 4.47. The Bertz CT molecular complexity index is 421. The van der Waals surface area contributed by atoms with Gasteiger partial charge in [0.25, 0.3) is 0 Å². The van der Waals surface area contributed by atoms with Gasteiger partial charge in [-0.1, -0.05) is 6.07 Å². The average molecular weight is 268 g/mol. The fraction of sp³-hybridized carbons (Fsp3) is 0.600. The maximum absolute atomic E-state index is 5.37. The lowest BCUT2D eigenvalue weighted by molar-refractivity contribution is 0.168. The standard InChI is InChI=1S/C15H21NO.ClH/c1-16-8-7-14-12(10-16)4-3-11-5-6-13(17-2)9-15(11)14;/h5-6,9,12,14H,3-4,7-8,10H2,1-2H3;1H/t12-,14+;/m0./s1. The van der Waals surface area contributed by atoms with E-state index in [2.05, 4.69) is 30.1 Å². The van der Waals surface area contributed by atoms with Gasteiger partial charge in [0.05, 0.1) is 7.11 Å². The molecule has 0 amide bonds. The van der Waals surface area contributed by atoms with E-state index in [0.717, 1.165) is 17.6 Å². The molecule has 18 heavy (non-hydrogen) atoms. The Morgan fingerprint density at radius 3 is 2.89 bits per heavy atom. The number of fused-ring (bicyclic) bond motifs is 3.